The molecule has 0 fully saturated rings. The number of nitrogens with one attached hydrogen (secondary N) is 2. The van der Waals surface area contributed by atoms with Crippen LogP contribution in [0.5, 0.6) is 0 Å². The second-order valence-corrected chi connectivity index (χ2v) is 7.53. The number of hydrogen-bond donors (Lipinski definition) is 3. The van der Waals surface area contributed by atoms with E-state index in [0.717, 1.165) is 63.3 Å². The van der Waals surface area contributed by atoms with Gasteiger partial charge in [0.05, 0.1) is 4.92 Å². The van der Waals surface area contributed by atoms with Crippen LogP contribution in [-0.2, 0) is 6.42 Å². The van der Waals surface area contributed by atoms with Gasteiger partial charge in [-0.15, -0.1) is 24.0 Å². The molecular weight excluding hydrogens is 483 g/mol. The number of benzene rings is 1. The molecule has 1 unspecified atom stereocenters. The van der Waals surface area contributed by atoms with Gasteiger partial charge in [-0.05, 0) is 56.4 Å². The summed E-state index contributed by atoms with van der Waals surface area (Å²) in [6, 6.07) is 6.77. The van der Waals surface area contributed by atoms with Crippen molar-refractivity contribution in [3.05, 3.63) is 39.9 Å². The van der Waals surface area contributed by atoms with Gasteiger partial charge in [0.15, 0.2) is 5.96 Å². The van der Waals surface area contributed by atoms with Crippen LogP contribution in [0.3, 0.4) is 0 Å². The fourth-order valence-corrected chi connectivity index (χ4v) is 3.14. The summed E-state index contributed by atoms with van der Waals surface area (Å²) in [4.78, 5) is 15.0. The van der Waals surface area contributed by atoms with Crippen molar-refractivity contribution in [3.8, 4) is 0 Å². The van der Waals surface area contributed by atoms with E-state index in [-0.39, 0.29) is 41.2 Å². The maximum Gasteiger partial charge on any atom is 0.269 e. The molecular formula is C21H37IN4O3. The number of nitro benzene ring substituents is 1. The Morgan fingerprint density at radius 3 is 2.45 bits per heavy atom. The van der Waals surface area contributed by atoms with E-state index in [1.807, 2.05) is 19.1 Å². The fourth-order valence-electron chi connectivity index (χ4n) is 3.14. The Hall–Kier alpha value is -1.42. The van der Waals surface area contributed by atoms with Crippen LogP contribution in [0.25, 0.3) is 0 Å². The standard InChI is InChI=1S/C21H36N4O3.HI/c1-4-22-21(24-16-19(12-14-26)15-17(2)3)23-13-6-5-7-18-8-10-20(11-9-18)25(27)28;/h8-11,17,19,26H,4-7,12-16H2,1-3H3,(H2,22,23,24);1H. The molecule has 29 heavy (non-hydrogen) atoms. The number of aliphatic hydroxyl groups is 1. The highest BCUT2D eigenvalue weighted by atomic mass is 127. The Morgan fingerprint density at radius 2 is 1.90 bits per heavy atom. The molecule has 0 bridgehead atoms. The van der Waals surface area contributed by atoms with Gasteiger partial charge in [-0.1, -0.05) is 26.0 Å². The summed E-state index contributed by atoms with van der Waals surface area (Å²) in [5.74, 6) is 1.83. The van der Waals surface area contributed by atoms with Crippen LogP contribution < -0.4 is 10.6 Å². The Bertz CT molecular complexity index is 594. The molecule has 0 spiro atoms. The number of aryl methyl sites for hydroxylation is 1. The molecule has 1 aromatic rings. The molecule has 0 amide bonds. The zero-order valence-electron chi connectivity index (χ0n) is 17.9. The minimum atomic E-state index is -0.373. The van der Waals surface area contributed by atoms with E-state index in [1.54, 1.807) is 12.1 Å². The highest BCUT2D eigenvalue weighted by Crippen LogP contribution is 2.15. The van der Waals surface area contributed by atoms with Crippen molar-refractivity contribution >= 4 is 35.6 Å². The zero-order chi connectivity index (χ0) is 20.8. The number of nitrogens with zero attached hydrogens (tertiary/aromatic N) is 2. The predicted molar refractivity (Wildman–Crippen MR) is 130 cm³/mol. The van der Waals surface area contributed by atoms with Crippen LogP contribution in [0.2, 0.25) is 0 Å². The van der Waals surface area contributed by atoms with E-state index >= 15 is 0 Å². The Morgan fingerprint density at radius 1 is 1.21 bits per heavy atom. The number of non-ortho nitro benzene ring substituents is 1. The lowest BCUT2D eigenvalue weighted by Gasteiger charge is -2.17. The summed E-state index contributed by atoms with van der Waals surface area (Å²) in [6.07, 6.45) is 4.76. The molecule has 7 nitrogen and oxygen atoms in total. The van der Waals surface area contributed by atoms with Gasteiger partial charge in [-0.2, -0.15) is 0 Å². The largest absolute Gasteiger partial charge is 0.396 e. The second-order valence-electron chi connectivity index (χ2n) is 7.53. The zero-order valence-corrected chi connectivity index (χ0v) is 20.2. The van der Waals surface area contributed by atoms with Crippen molar-refractivity contribution in [1.29, 1.82) is 0 Å². The topological polar surface area (TPSA) is 99.8 Å². The van der Waals surface area contributed by atoms with E-state index < -0.39 is 0 Å². The van der Waals surface area contributed by atoms with Gasteiger partial charge in [-0.3, -0.25) is 15.1 Å². The van der Waals surface area contributed by atoms with Gasteiger partial charge in [0.2, 0.25) is 0 Å². The summed E-state index contributed by atoms with van der Waals surface area (Å²) >= 11 is 0. The van der Waals surface area contributed by atoms with E-state index in [1.165, 1.54) is 0 Å². The van der Waals surface area contributed by atoms with Gasteiger partial charge >= 0.3 is 0 Å². The lowest BCUT2D eigenvalue weighted by molar-refractivity contribution is -0.384. The molecule has 1 rings (SSSR count). The third kappa shape index (κ3) is 12.7. The van der Waals surface area contributed by atoms with Gasteiger partial charge in [0.1, 0.15) is 0 Å². The SMILES string of the molecule is CCNC(=NCC(CCO)CC(C)C)NCCCCc1ccc([N+](=O)[O-])cc1.I. The van der Waals surface area contributed by atoms with E-state index in [9.17, 15) is 15.2 Å². The first-order chi connectivity index (χ1) is 13.5. The second kappa shape index (κ2) is 16.4. The Labute approximate surface area is 191 Å². The molecule has 0 aromatic heterocycles. The van der Waals surface area contributed by atoms with Crippen LogP contribution in [-0.4, -0.2) is 42.2 Å². The number of aliphatic imine (C=N–C) groups is 1. The van der Waals surface area contributed by atoms with Gasteiger partial charge < -0.3 is 15.7 Å². The third-order valence-corrected chi connectivity index (χ3v) is 4.53. The van der Waals surface area contributed by atoms with Crippen molar-refractivity contribution < 1.29 is 10.0 Å². The number of guanidine groups is 1. The highest BCUT2D eigenvalue weighted by Gasteiger charge is 2.10. The molecule has 0 aliphatic heterocycles. The van der Waals surface area contributed by atoms with E-state index in [0.29, 0.717) is 11.8 Å². The molecule has 0 aliphatic rings. The van der Waals surface area contributed by atoms with E-state index in [2.05, 4.69) is 29.5 Å². The molecule has 0 saturated heterocycles. The number of aliphatic hydroxyl groups excluding tert-OH is 1. The van der Waals surface area contributed by atoms with Gasteiger partial charge in [0.25, 0.3) is 5.69 Å². The van der Waals surface area contributed by atoms with E-state index in [4.69, 9.17) is 0 Å². The average Bonchev–Trinajstić information content (AvgIpc) is 2.65. The summed E-state index contributed by atoms with van der Waals surface area (Å²) in [5, 5.41) is 26.6. The molecule has 0 aliphatic carbocycles. The maximum absolute atomic E-state index is 10.7. The first-order valence-corrected chi connectivity index (χ1v) is 10.3. The lowest BCUT2D eigenvalue weighted by Crippen LogP contribution is -2.38. The molecule has 3 N–H and O–H groups in total. The first kappa shape index (κ1) is 27.6. The molecule has 0 saturated carbocycles. The fraction of sp³-hybridized carbons (Fsp3) is 0.667. The summed E-state index contributed by atoms with van der Waals surface area (Å²) in [5.41, 5.74) is 1.25. The molecule has 0 radical (unpaired) electrons. The molecule has 0 heterocycles. The normalized spacial score (nSPS) is 12.4. The van der Waals surface area contributed by atoms with Crippen molar-refractivity contribution in [2.24, 2.45) is 16.8 Å². The van der Waals surface area contributed by atoms with Crippen LogP contribution in [0.4, 0.5) is 5.69 Å². The number of hydrogen-bond acceptors (Lipinski definition) is 4. The van der Waals surface area contributed by atoms with Crippen molar-refractivity contribution in [3.63, 3.8) is 0 Å². The molecule has 166 valence electrons. The number of rotatable bonds is 13. The smallest absolute Gasteiger partial charge is 0.269 e. The summed E-state index contributed by atoms with van der Waals surface area (Å²) in [7, 11) is 0. The van der Waals surface area contributed by atoms with Crippen molar-refractivity contribution in [1.82, 2.24) is 10.6 Å². The Kier molecular flexibility index (Phi) is 15.6. The summed E-state index contributed by atoms with van der Waals surface area (Å²) < 4.78 is 0. The highest BCUT2D eigenvalue weighted by molar-refractivity contribution is 14.0. The number of nitro groups is 1. The van der Waals surface area contributed by atoms with Gasteiger partial charge in [-0.25, -0.2) is 0 Å². The number of halogens is 1. The first-order valence-electron chi connectivity index (χ1n) is 10.3. The summed E-state index contributed by atoms with van der Waals surface area (Å²) in [6.45, 7) is 9.00. The quantitative estimate of drug-likeness (QED) is 0.0907. The van der Waals surface area contributed by atoms with Crippen LogP contribution in [0.15, 0.2) is 29.3 Å². The van der Waals surface area contributed by atoms with Crippen LogP contribution in [0.1, 0.15) is 52.0 Å². The Balaban J connectivity index is 0.00000784. The number of unbranched alkanes of at least 4 members (excludes halogenated alkanes) is 1. The molecule has 8 heteroatoms. The average molecular weight is 520 g/mol. The molecule has 1 atom stereocenters. The predicted octanol–water partition coefficient (Wildman–Crippen LogP) is 4.14. The minimum absolute atomic E-state index is 0. The monoisotopic (exact) mass is 520 g/mol. The lowest BCUT2D eigenvalue weighted by atomic mass is 9.94. The van der Waals surface area contributed by atoms with Crippen LogP contribution >= 0.6 is 24.0 Å². The van der Waals surface area contributed by atoms with Gasteiger partial charge in [0, 0.05) is 38.4 Å². The molecule has 1 aromatic carbocycles. The third-order valence-electron chi connectivity index (χ3n) is 4.53. The van der Waals surface area contributed by atoms with Crippen molar-refractivity contribution in [2.75, 3.05) is 26.2 Å². The van der Waals surface area contributed by atoms with Crippen LogP contribution in [0, 0.1) is 22.0 Å². The van der Waals surface area contributed by atoms with Crippen molar-refractivity contribution in [2.45, 2.75) is 52.9 Å². The minimum Gasteiger partial charge on any atom is -0.396 e. The maximum atomic E-state index is 10.7.